The SMILES string of the molecule is CCOc1ncccc1NC(=O)N1CCOCC1C. The Balaban J connectivity index is 2.05. The average Bonchev–Trinajstić information content (AvgIpc) is 2.41. The third-order valence-corrected chi connectivity index (χ3v) is 2.92. The molecule has 0 spiro atoms. The van der Waals surface area contributed by atoms with E-state index in [1.54, 1.807) is 23.2 Å². The summed E-state index contributed by atoms with van der Waals surface area (Å²) in [5, 5.41) is 2.84. The number of pyridine rings is 1. The lowest BCUT2D eigenvalue weighted by Crippen LogP contribution is -2.48. The van der Waals surface area contributed by atoms with Crippen LogP contribution in [0.1, 0.15) is 13.8 Å². The molecule has 1 fully saturated rings. The first kappa shape index (κ1) is 13.6. The van der Waals surface area contributed by atoms with Crippen LogP contribution in [0.15, 0.2) is 18.3 Å². The van der Waals surface area contributed by atoms with Crippen LogP contribution in [0.4, 0.5) is 10.5 Å². The Morgan fingerprint density at radius 2 is 2.53 bits per heavy atom. The summed E-state index contributed by atoms with van der Waals surface area (Å²) in [6.45, 7) is 6.09. The molecular weight excluding hydrogens is 246 g/mol. The van der Waals surface area contributed by atoms with Gasteiger partial charge >= 0.3 is 6.03 Å². The number of ether oxygens (including phenoxy) is 2. The summed E-state index contributed by atoms with van der Waals surface area (Å²) < 4.78 is 10.7. The van der Waals surface area contributed by atoms with Crippen molar-refractivity contribution in [1.82, 2.24) is 9.88 Å². The molecule has 0 aromatic carbocycles. The van der Waals surface area contributed by atoms with Crippen molar-refractivity contribution in [2.45, 2.75) is 19.9 Å². The maximum Gasteiger partial charge on any atom is 0.322 e. The fraction of sp³-hybridized carbons (Fsp3) is 0.538. The maximum atomic E-state index is 12.2. The van der Waals surface area contributed by atoms with Gasteiger partial charge in [-0.3, -0.25) is 0 Å². The Morgan fingerprint density at radius 3 is 3.26 bits per heavy atom. The van der Waals surface area contributed by atoms with E-state index >= 15 is 0 Å². The van der Waals surface area contributed by atoms with E-state index in [4.69, 9.17) is 9.47 Å². The molecule has 0 bridgehead atoms. The van der Waals surface area contributed by atoms with Crippen molar-refractivity contribution in [3.63, 3.8) is 0 Å². The molecule has 2 heterocycles. The summed E-state index contributed by atoms with van der Waals surface area (Å²) in [6, 6.07) is 3.47. The normalized spacial score (nSPS) is 19.1. The molecule has 1 N–H and O–H groups in total. The Kier molecular flexibility index (Phi) is 4.57. The largest absolute Gasteiger partial charge is 0.476 e. The highest BCUT2D eigenvalue weighted by molar-refractivity contribution is 5.90. The number of carbonyl (C=O) groups excluding carboxylic acids is 1. The predicted molar refractivity (Wildman–Crippen MR) is 71.4 cm³/mol. The summed E-state index contributed by atoms with van der Waals surface area (Å²) in [6.07, 6.45) is 1.64. The minimum atomic E-state index is -0.148. The molecule has 0 saturated carbocycles. The van der Waals surface area contributed by atoms with Gasteiger partial charge in [-0.1, -0.05) is 0 Å². The van der Waals surface area contributed by atoms with E-state index < -0.39 is 0 Å². The van der Waals surface area contributed by atoms with E-state index in [1.165, 1.54) is 0 Å². The monoisotopic (exact) mass is 265 g/mol. The molecule has 19 heavy (non-hydrogen) atoms. The van der Waals surface area contributed by atoms with Crippen LogP contribution in [0.3, 0.4) is 0 Å². The second-order valence-electron chi connectivity index (χ2n) is 4.34. The summed E-state index contributed by atoms with van der Waals surface area (Å²) in [4.78, 5) is 18.1. The Bertz CT molecular complexity index is 439. The molecule has 1 atom stereocenters. The average molecular weight is 265 g/mol. The molecular formula is C13H19N3O3. The number of morpholine rings is 1. The second-order valence-corrected chi connectivity index (χ2v) is 4.34. The van der Waals surface area contributed by atoms with Gasteiger partial charge in [-0.2, -0.15) is 0 Å². The number of urea groups is 1. The van der Waals surface area contributed by atoms with Crippen molar-refractivity contribution in [2.24, 2.45) is 0 Å². The number of hydrogen-bond donors (Lipinski definition) is 1. The molecule has 0 aliphatic carbocycles. The predicted octanol–water partition coefficient (Wildman–Crippen LogP) is 1.73. The van der Waals surface area contributed by atoms with Gasteiger partial charge in [0.15, 0.2) is 0 Å². The Morgan fingerprint density at radius 1 is 1.68 bits per heavy atom. The Labute approximate surface area is 112 Å². The van der Waals surface area contributed by atoms with Crippen LogP contribution in [-0.4, -0.2) is 48.3 Å². The number of aromatic nitrogens is 1. The number of rotatable bonds is 3. The summed E-state index contributed by atoms with van der Waals surface area (Å²) in [5.74, 6) is 0.444. The molecule has 1 aromatic rings. The molecule has 0 radical (unpaired) electrons. The van der Waals surface area contributed by atoms with Gasteiger partial charge in [0.1, 0.15) is 5.69 Å². The summed E-state index contributed by atoms with van der Waals surface area (Å²) in [7, 11) is 0. The molecule has 1 aromatic heterocycles. The lowest BCUT2D eigenvalue weighted by molar-refractivity contribution is 0.0221. The molecule has 1 unspecified atom stereocenters. The van der Waals surface area contributed by atoms with E-state index in [9.17, 15) is 4.79 Å². The van der Waals surface area contributed by atoms with Crippen LogP contribution in [0, 0.1) is 0 Å². The number of hydrogen-bond acceptors (Lipinski definition) is 4. The van der Waals surface area contributed by atoms with Gasteiger partial charge in [0.05, 0.1) is 25.9 Å². The quantitative estimate of drug-likeness (QED) is 0.904. The van der Waals surface area contributed by atoms with E-state index in [1.807, 2.05) is 13.8 Å². The molecule has 2 amide bonds. The van der Waals surface area contributed by atoms with Gasteiger partial charge in [-0.15, -0.1) is 0 Å². The highest BCUT2D eigenvalue weighted by Crippen LogP contribution is 2.21. The highest BCUT2D eigenvalue weighted by atomic mass is 16.5. The first-order valence-electron chi connectivity index (χ1n) is 6.45. The molecule has 1 saturated heterocycles. The highest BCUT2D eigenvalue weighted by Gasteiger charge is 2.24. The summed E-state index contributed by atoms with van der Waals surface area (Å²) in [5.41, 5.74) is 0.591. The van der Waals surface area contributed by atoms with E-state index in [0.717, 1.165) is 0 Å². The van der Waals surface area contributed by atoms with E-state index in [2.05, 4.69) is 10.3 Å². The van der Waals surface area contributed by atoms with Gasteiger partial charge in [-0.05, 0) is 26.0 Å². The van der Waals surface area contributed by atoms with E-state index in [0.29, 0.717) is 37.9 Å². The third-order valence-electron chi connectivity index (χ3n) is 2.92. The number of nitrogens with one attached hydrogen (secondary N) is 1. The minimum absolute atomic E-state index is 0.0703. The summed E-state index contributed by atoms with van der Waals surface area (Å²) >= 11 is 0. The van der Waals surface area contributed by atoms with Crippen LogP contribution in [-0.2, 0) is 4.74 Å². The number of nitrogens with zero attached hydrogens (tertiary/aromatic N) is 2. The molecule has 2 rings (SSSR count). The van der Waals surface area contributed by atoms with Crippen molar-refractivity contribution < 1.29 is 14.3 Å². The van der Waals surface area contributed by atoms with Crippen LogP contribution in [0.5, 0.6) is 5.88 Å². The zero-order valence-electron chi connectivity index (χ0n) is 11.3. The topological polar surface area (TPSA) is 63.7 Å². The fourth-order valence-electron chi connectivity index (χ4n) is 1.95. The van der Waals surface area contributed by atoms with Gasteiger partial charge in [0.25, 0.3) is 0 Å². The standard InChI is InChI=1S/C13H19N3O3/c1-3-19-12-11(5-4-6-14-12)15-13(17)16-7-8-18-9-10(16)2/h4-6,10H,3,7-9H2,1-2H3,(H,15,17). The minimum Gasteiger partial charge on any atom is -0.476 e. The van der Waals surface area contributed by atoms with Gasteiger partial charge < -0.3 is 19.7 Å². The Hall–Kier alpha value is -1.82. The first-order chi connectivity index (χ1) is 9.22. The van der Waals surface area contributed by atoms with Crippen LogP contribution >= 0.6 is 0 Å². The molecule has 1 aliphatic heterocycles. The maximum absolute atomic E-state index is 12.2. The lowest BCUT2D eigenvalue weighted by atomic mass is 10.3. The number of amides is 2. The van der Waals surface area contributed by atoms with E-state index in [-0.39, 0.29) is 12.1 Å². The van der Waals surface area contributed by atoms with Crippen molar-refractivity contribution in [2.75, 3.05) is 31.7 Å². The van der Waals surface area contributed by atoms with Gasteiger partial charge in [0.2, 0.25) is 5.88 Å². The van der Waals surface area contributed by atoms with Crippen molar-refractivity contribution >= 4 is 11.7 Å². The lowest BCUT2D eigenvalue weighted by Gasteiger charge is -2.33. The molecule has 1 aliphatic rings. The second kappa shape index (κ2) is 6.38. The fourth-order valence-corrected chi connectivity index (χ4v) is 1.95. The smallest absolute Gasteiger partial charge is 0.322 e. The number of anilines is 1. The van der Waals surface area contributed by atoms with Crippen LogP contribution in [0.2, 0.25) is 0 Å². The van der Waals surface area contributed by atoms with Crippen molar-refractivity contribution in [1.29, 1.82) is 0 Å². The molecule has 6 heteroatoms. The zero-order valence-corrected chi connectivity index (χ0v) is 11.3. The van der Waals surface area contributed by atoms with Crippen LogP contribution < -0.4 is 10.1 Å². The number of carbonyl (C=O) groups is 1. The molecule has 6 nitrogen and oxygen atoms in total. The van der Waals surface area contributed by atoms with Crippen LogP contribution in [0.25, 0.3) is 0 Å². The van der Waals surface area contributed by atoms with Gasteiger partial charge in [-0.25, -0.2) is 9.78 Å². The first-order valence-corrected chi connectivity index (χ1v) is 6.45. The van der Waals surface area contributed by atoms with Gasteiger partial charge in [0, 0.05) is 12.7 Å². The van der Waals surface area contributed by atoms with Crippen molar-refractivity contribution in [3.8, 4) is 5.88 Å². The zero-order chi connectivity index (χ0) is 13.7. The molecule has 104 valence electrons. The third kappa shape index (κ3) is 3.35. The van der Waals surface area contributed by atoms with Crippen molar-refractivity contribution in [3.05, 3.63) is 18.3 Å².